The van der Waals surface area contributed by atoms with E-state index in [1.165, 1.54) is 0 Å². The summed E-state index contributed by atoms with van der Waals surface area (Å²) in [6.07, 6.45) is 0. The van der Waals surface area contributed by atoms with Crippen molar-refractivity contribution in [2.45, 2.75) is 0 Å². The van der Waals surface area contributed by atoms with E-state index in [0.29, 0.717) is 0 Å². The Morgan fingerprint density at radius 3 is 1.67 bits per heavy atom. The molecule has 0 saturated carbocycles. The van der Waals surface area contributed by atoms with Crippen LogP contribution in [0.15, 0.2) is 0 Å². The zero-order chi connectivity index (χ0) is 4.50. The SMILES string of the molecule is O=S(=O)(O)[SeH].[H-].[Na+]. The van der Waals surface area contributed by atoms with Crippen LogP contribution in [0.5, 0.6) is 0 Å². The molecule has 0 heterocycles. The fraction of sp³-hybridized carbons (Fsp3) is 0. The Kier molecular flexibility index (Phi) is 5.96. The molecule has 6 heteroatoms. The molecular formula is H3NaO3SSe. The van der Waals surface area contributed by atoms with E-state index in [1.807, 2.05) is 0 Å². The standard InChI is InChI=1S/Na.H2O3SSe.H/c;1-4(2,3)5;/h;(H2,1,2,3,5);/q+1;;-1. The van der Waals surface area contributed by atoms with Gasteiger partial charge in [0.15, 0.2) is 0 Å². The van der Waals surface area contributed by atoms with Crippen LogP contribution in [-0.2, 0) is 8.54 Å². The van der Waals surface area contributed by atoms with Gasteiger partial charge in [0.2, 0.25) is 0 Å². The first-order valence-corrected chi connectivity index (χ1v) is 4.39. The first-order valence-electron chi connectivity index (χ1n) is 0.698. The molecule has 0 amide bonds. The van der Waals surface area contributed by atoms with Crippen molar-refractivity contribution in [1.82, 2.24) is 0 Å². The molecule has 1 N–H and O–H groups in total. The topological polar surface area (TPSA) is 54.4 Å². The molecule has 0 rings (SSSR count). The van der Waals surface area contributed by atoms with Crippen molar-refractivity contribution in [2.75, 3.05) is 0 Å². The molecule has 0 bridgehead atoms. The third-order valence-electron chi connectivity index (χ3n) is 0. The van der Waals surface area contributed by atoms with Crippen molar-refractivity contribution >= 4 is 23.4 Å². The molecule has 0 saturated heterocycles. The Bertz CT molecular complexity index is 98.1. The summed E-state index contributed by atoms with van der Waals surface area (Å²) in [5.74, 6) is 0. The maximum Gasteiger partial charge on any atom is 1.00 e. The third kappa shape index (κ3) is 52.1. The van der Waals surface area contributed by atoms with Crippen LogP contribution in [0.2, 0.25) is 0 Å². The summed E-state index contributed by atoms with van der Waals surface area (Å²) in [5, 5.41) is 0. The second-order valence-electron chi connectivity index (χ2n) is 0.448. The minimum absolute atomic E-state index is 0. The molecule has 0 aromatic rings. The van der Waals surface area contributed by atoms with Crippen molar-refractivity contribution in [2.24, 2.45) is 0 Å². The molecule has 0 aromatic heterocycles. The molecule has 0 spiro atoms. The first kappa shape index (κ1) is 10.4. The van der Waals surface area contributed by atoms with Gasteiger partial charge in [-0.05, 0) is 0 Å². The molecule has 0 fully saturated rings. The second kappa shape index (κ2) is 3.43. The average Bonchev–Trinajstić information content (AvgIpc) is 0.722. The quantitative estimate of drug-likeness (QED) is 0.307. The van der Waals surface area contributed by atoms with E-state index >= 15 is 0 Å². The molecule has 3 nitrogen and oxygen atoms in total. The Morgan fingerprint density at radius 1 is 1.67 bits per heavy atom. The summed E-state index contributed by atoms with van der Waals surface area (Å²) in [5.41, 5.74) is 0. The molecule has 0 aliphatic carbocycles. The van der Waals surface area contributed by atoms with Gasteiger partial charge in [0.05, 0.1) is 0 Å². The van der Waals surface area contributed by atoms with Crippen LogP contribution in [0.25, 0.3) is 0 Å². The van der Waals surface area contributed by atoms with Crippen molar-refractivity contribution in [1.29, 1.82) is 0 Å². The minimum Gasteiger partial charge on any atom is -1.00 e. The maximum atomic E-state index is 9.16. The molecule has 0 aliphatic heterocycles. The fourth-order valence-electron chi connectivity index (χ4n) is 0. The molecule has 0 unspecified atom stereocenters. The van der Waals surface area contributed by atoms with E-state index in [1.54, 1.807) is 0 Å². The summed E-state index contributed by atoms with van der Waals surface area (Å²) >= 11 is 1.11. The molecule has 0 atom stereocenters. The maximum absolute atomic E-state index is 9.16. The zero-order valence-electron chi connectivity index (χ0n) is 4.12. The van der Waals surface area contributed by atoms with Crippen LogP contribution >= 0.6 is 0 Å². The Labute approximate surface area is 66.9 Å². The van der Waals surface area contributed by atoms with E-state index in [9.17, 15) is 0 Å². The van der Waals surface area contributed by atoms with Gasteiger partial charge in [-0.3, -0.25) is 0 Å². The average molecular weight is 185 g/mol. The van der Waals surface area contributed by atoms with Gasteiger partial charge in [-0.2, -0.15) is 0 Å². The summed E-state index contributed by atoms with van der Waals surface area (Å²) in [4.78, 5) is 0. The zero-order valence-corrected chi connectivity index (χ0v) is 7.81. The van der Waals surface area contributed by atoms with E-state index in [4.69, 9.17) is 13.0 Å². The summed E-state index contributed by atoms with van der Waals surface area (Å²) in [7, 11) is -3.73. The Balaban J connectivity index is -0.0000000800. The number of hydrogen-bond donors (Lipinski definition) is 1. The second-order valence-corrected chi connectivity index (χ2v) is 4.25. The molecule has 34 valence electrons. The number of hydrogen-bond acceptors (Lipinski definition) is 2. The van der Waals surface area contributed by atoms with Crippen LogP contribution in [-0.4, -0.2) is 27.9 Å². The largest absolute Gasteiger partial charge is 1.00 e. The van der Waals surface area contributed by atoms with Crippen molar-refractivity contribution in [3.63, 3.8) is 0 Å². The first-order chi connectivity index (χ1) is 2.00. The van der Waals surface area contributed by atoms with E-state index in [0.717, 1.165) is 14.9 Å². The van der Waals surface area contributed by atoms with Gasteiger partial charge >= 0.3 is 66.0 Å². The monoisotopic (exact) mass is 186 g/mol. The van der Waals surface area contributed by atoms with Crippen LogP contribution < -0.4 is 29.6 Å². The Hall–Kier alpha value is 1.43. The summed E-state index contributed by atoms with van der Waals surface area (Å²) in [6, 6.07) is 0. The van der Waals surface area contributed by atoms with Gasteiger partial charge < -0.3 is 1.43 Å². The normalized spacial score (nSPS) is 9.67. The van der Waals surface area contributed by atoms with Gasteiger partial charge in [0, 0.05) is 0 Å². The number of rotatable bonds is 0. The predicted molar refractivity (Wildman–Crippen MR) is 19.8 cm³/mol. The molecule has 0 radical (unpaired) electrons. The van der Waals surface area contributed by atoms with E-state index < -0.39 is 8.54 Å². The van der Waals surface area contributed by atoms with Gasteiger partial charge in [-0.25, -0.2) is 0 Å². The van der Waals surface area contributed by atoms with E-state index in [-0.39, 0.29) is 31.0 Å². The molecular weight excluding hydrogens is 182 g/mol. The van der Waals surface area contributed by atoms with Gasteiger partial charge in [-0.1, -0.05) is 0 Å². The van der Waals surface area contributed by atoms with E-state index in [2.05, 4.69) is 0 Å². The van der Waals surface area contributed by atoms with Crippen LogP contribution in [0.1, 0.15) is 1.43 Å². The van der Waals surface area contributed by atoms with Crippen molar-refractivity contribution in [3.05, 3.63) is 0 Å². The smallest absolute Gasteiger partial charge is 1.00 e. The molecule has 0 aromatic carbocycles. The third-order valence-corrected chi connectivity index (χ3v) is 0. The van der Waals surface area contributed by atoms with Gasteiger partial charge in [0.25, 0.3) is 0 Å². The molecule has 6 heavy (non-hydrogen) atoms. The van der Waals surface area contributed by atoms with Crippen molar-refractivity contribution < 1.29 is 44.0 Å². The Morgan fingerprint density at radius 2 is 1.67 bits per heavy atom. The van der Waals surface area contributed by atoms with Gasteiger partial charge in [0.1, 0.15) is 0 Å². The summed E-state index contributed by atoms with van der Waals surface area (Å²) in [6.45, 7) is 0. The van der Waals surface area contributed by atoms with Gasteiger partial charge in [-0.15, -0.1) is 0 Å². The van der Waals surface area contributed by atoms with Crippen LogP contribution in [0, 0.1) is 0 Å². The van der Waals surface area contributed by atoms with Crippen LogP contribution in [0.4, 0.5) is 0 Å². The minimum atomic E-state index is -3.73. The van der Waals surface area contributed by atoms with Crippen LogP contribution in [0.3, 0.4) is 0 Å². The molecule has 0 aliphatic rings. The fourth-order valence-corrected chi connectivity index (χ4v) is 0. The van der Waals surface area contributed by atoms with Crippen molar-refractivity contribution in [3.8, 4) is 0 Å². The summed E-state index contributed by atoms with van der Waals surface area (Å²) < 4.78 is 25.8. The predicted octanol–water partition coefficient (Wildman–Crippen LogP) is -4.19.